The molecule has 0 aromatic carbocycles. The van der Waals surface area contributed by atoms with Crippen molar-refractivity contribution in [2.45, 2.75) is 19.4 Å². The molecule has 0 aliphatic heterocycles. The van der Waals surface area contributed by atoms with Crippen LogP contribution in [0, 0.1) is 0 Å². The molecular weight excluding hydrogens is 296 g/mol. The lowest BCUT2D eigenvalue weighted by Gasteiger charge is -1.97. The zero-order valence-corrected chi connectivity index (χ0v) is 11.8. The number of carboxylic acid groups (broad SMARTS) is 1. The van der Waals surface area contributed by atoms with E-state index in [1.807, 2.05) is 0 Å². The minimum absolute atomic E-state index is 0. The Balaban J connectivity index is 0.00000220. The lowest BCUT2D eigenvalue weighted by atomic mass is 10.2. The highest BCUT2D eigenvalue weighted by Gasteiger charge is 2.13. The molecule has 110 valence electrons. The summed E-state index contributed by atoms with van der Waals surface area (Å²) in [4.78, 5) is 30.1. The van der Waals surface area contributed by atoms with E-state index < -0.39 is 5.97 Å². The first-order valence-corrected chi connectivity index (χ1v) is 6.02. The Labute approximate surface area is 127 Å². The molecule has 1 N–H and O–H groups in total. The van der Waals surface area contributed by atoms with Crippen molar-refractivity contribution in [3.63, 3.8) is 0 Å². The van der Waals surface area contributed by atoms with Gasteiger partial charge in [-0.1, -0.05) is 4.68 Å². The third-order valence-corrected chi connectivity index (χ3v) is 2.55. The van der Waals surface area contributed by atoms with Crippen LogP contribution in [-0.2, 0) is 16.1 Å². The molecule has 0 radical (unpaired) electrons. The zero-order chi connectivity index (χ0) is 14.4. The fraction of sp³-hybridized carbons (Fsp3) is 0.231. The number of carbonyl (C=O) groups is 2. The minimum atomic E-state index is -0.979. The highest BCUT2D eigenvalue weighted by atomic mass is 35.5. The number of hydrogen-bond donors (Lipinski definition) is 1. The summed E-state index contributed by atoms with van der Waals surface area (Å²) < 4.78 is 1.45. The summed E-state index contributed by atoms with van der Waals surface area (Å²) in [6.45, 7) is 0.0587. The summed E-state index contributed by atoms with van der Waals surface area (Å²) >= 11 is 0. The Hall–Kier alpha value is -2.41. The Kier molecular flexibility index (Phi) is 6.35. The fourth-order valence-corrected chi connectivity index (χ4v) is 1.56. The standard InChI is InChI=1S/C13H12N4O3.ClH/c18-11(2-3-12(19)20)9-17-7-4-10(8-16-17)13-14-5-1-6-15-13;/h1,4-8H,2-3,9H2;1H. The number of nitrogens with zero attached hydrogens (tertiary/aromatic N) is 4. The predicted molar refractivity (Wildman–Crippen MR) is 67.3 cm³/mol. The summed E-state index contributed by atoms with van der Waals surface area (Å²) in [5.74, 6) is -0.592. The van der Waals surface area contributed by atoms with Crippen molar-refractivity contribution >= 4 is 11.8 Å². The van der Waals surface area contributed by atoms with E-state index in [0.29, 0.717) is 5.82 Å². The summed E-state index contributed by atoms with van der Waals surface area (Å²) in [7, 11) is 0. The number of aromatic nitrogens is 4. The average Bonchev–Trinajstić information content (AvgIpc) is 2.47. The van der Waals surface area contributed by atoms with Gasteiger partial charge in [0.1, 0.15) is 6.20 Å². The van der Waals surface area contributed by atoms with E-state index >= 15 is 0 Å². The summed E-state index contributed by atoms with van der Waals surface area (Å²) in [5, 5.41) is 12.6. The number of hydrogen-bond acceptors (Lipinski definition) is 5. The molecule has 2 heterocycles. The SMILES string of the molecule is O=C(O)CCC(=O)C[n+]1ccc(-c2ncccn2)cn1.[Cl-]. The van der Waals surface area contributed by atoms with Crippen molar-refractivity contribution < 1.29 is 31.8 Å². The number of carbonyl (C=O) groups excluding carboxylic acids is 1. The van der Waals surface area contributed by atoms with Gasteiger partial charge in [0.25, 0.3) is 0 Å². The van der Waals surface area contributed by atoms with Crippen LogP contribution in [0.5, 0.6) is 0 Å². The lowest BCUT2D eigenvalue weighted by molar-refractivity contribution is -0.742. The summed E-state index contributed by atoms with van der Waals surface area (Å²) in [5.41, 5.74) is 0.750. The molecule has 0 saturated heterocycles. The van der Waals surface area contributed by atoms with Gasteiger partial charge in [0.15, 0.2) is 12.0 Å². The maximum Gasteiger partial charge on any atom is 0.303 e. The van der Waals surface area contributed by atoms with Gasteiger partial charge in [0.2, 0.25) is 12.3 Å². The summed E-state index contributed by atoms with van der Waals surface area (Å²) in [6, 6.07) is 3.48. The molecule has 0 aliphatic carbocycles. The van der Waals surface area contributed by atoms with E-state index in [1.165, 1.54) is 4.68 Å². The molecule has 0 aliphatic rings. The number of rotatable bonds is 6. The maximum atomic E-state index is 11.5. The average molecular weight is 309 g/mol. The first-order chi connectivity index (χ1) is 9.65. The van der Waals surface area contributed by atoms with Gasteiger partial charge in [-0.2, -0.15) is 0 Å². The van der Waals surface area contributed by atoms with E-state index in [9.17, 15) is 9.59 Å². The molecule has 0 unspecified atom stereocenters. The quantitative estimate of drug-likeness (QED) is 0.582. The molecule has 2 aromatic heterocycles. The van der Waals surface area contributed by atoms with Crippen molar-refractivity contribution in [3.05, 3.63) is 36.9 Å². The third kappa shape index (κ3) is 5.23. The second-order valence-corrected chi connectivity index (χ2v) is 4.12. The molecular formula is C13H13ClN4O3. The van der Waals surface area contributed by atoms with Crippen molar-refractivity contribution in [1.29, 1.82) is 0 Å². The largest absolute Gasteiger partial charge is 1.00 e. The van der Waals surface area contributed by atoms with E-state index in [4.69, 9.17) is 5.11 Å². The zero-order valence-electron chi connectivity index (χ0n) is 11.0. The van der Waals surface area contributed by atoms with E-state index in [2.05, 4.69) is 15.1 Å². The first-order valence-electron chi connectivity index (χ1n) is 6.02. The van der Waals surface area contributed by atoms with E-state index in [-0.39, 0.29) is 37.6 Å². The van der Waals surface area contributed by atoms with Crippen molar-refractivity contribution in [2.24, 2.45) is 0 Å². The molecule has 2 rings (SSSR count). The second kappa shape index (κ2) is 8.01. The van der Waals surface area contributed by atoms with Crippen LogP contribution in [0.3, 0.4) is 0 Å². The summed E-state index contributed by atoms with van der Waals surface area (Å²) in [6.07, 6.45) is 6.34. The van der Waals surface area contributed by atoms with Crippen LogP contribution in [-0.4, -0.2) is 31.9 Å². The van der Waals surface area contributed by atoms with Crippen LogP contribution >= 0.6 is 0 Å². The van der Waals surface area contributed by atoms with Crippen molar-refractivity contribution in [2.75, 3.05) is 0 Å². The van der Waals surface area contributed by atoms with Crippen LogP contribution < -0.4 is 17.1 Å². The molecule has 0 fully saturated rings. The Morgan fingerprint density at radius 3 is 2.48 bits per heavy atom. The van der Waals surface area contributed by atoms with Gasteiger partial charge in [0.05, 0.1) is 6.42 Å². The Bertz CT molecular complexity index is 605. The molecule has 0 saturated carbocycles. The Morgan fingerprint density at radius 1 is 1.19 bits per heavy atom. The topological polar surface area (TPSA) is 96.9 Å². The first kappa shape index (κ1) is 16.6. The van der Waals surface area contributed by atoms with Crippen LogP contribution in [0.1, 0.15) is 12.8 Å². The van der Waals surface area contributed by atoms with E-state index in [0.717, 1.165) is 5.56 Å². The van der Waals surface area contributed by atoms with Gasteiger partial charge in [-0.05, 0) is 11.2 Å². The van der Waals surface area contributed by atoms with Gasteiger partial charge < -0.3 is 17.5 Å². The highest BCUT2D eigenvalue weighted by Crippen LogP contribution is 2.09. The molecule has 0 amide bonds. The van der Waals surface area contributed by atoms with Gasteiger partial charge in [-0.3, -0.25) is 9.59 Å². The molecule has 2 aromatic rings. The second-order valence-electron chi connectivity index (χ2n) is 4.12. The number of aliphatic carboxylic acids is 1. The van der Waals surface area contributed by atoms with Crippen molar-refractivity contribution in [3.8, 4) is 11.4 Å². The van der Waals surface area contributed by atoms with Crippen LogP contribution in [0.2, 0.25) is 0 Å². The molecule has 0 atom stereocenters. The molecule has 8 heteroatoms. The number of ketones is 1. The van der Waals surface area contributed by atoms with Crippen LogP contribution in [0.4, 0.5) is 0 Å². The lowest BCUT2D eigenvalue weighted by Crippen LogP contribution is -3.00. The number of halogens is 1. The third-order valence-electron chi connectivity index (χ3n) is 2.55. The highest BCUT2D eigenvalue weighted by molar-refractivity contribution is 5.81. The number of Topliss-reactive ketones (excluding diaryl/α,β-unsaturated/α-hetero) is 1. The van der Waals surface area contributed by atoms with E-state index in [1.54, 1.807) is 36.9 Å². The van der Waals surface area contributed by atoms with Crippen LogP contribution in [0.25, 0.3) is 11.4 Å². The van der Waals surface area contributed by atoms with Gasteiger partial charge in [-0.25, -0.2) is 9.97 Å². The van der Waals surface area contributed by atoms with Gasteiger partial charge >= 0.3 is 5.97 Å². The fourth-order valence-electron chi connectivity index (χ4n) is 1.56. The molecule has 0 bridgehead atoms. The Morgan fingerprint density at radius 2 is 1.90 bits per heavy atom. The van der Waals surface area contributed by atoms with Gasteiger partial charge in [-0.15, -0.1) is 0 Å². The van der Waals surface area contributed by atoms with Crippen molar-refractivity contribution in [1.82, 2.24) is 15.1 Å². The predicted octanol–water partition coefficient (Wildman–Crippen LogP) is -2.74. The molecule has 7 nitrogen and oxygen atoms in total. The maximum absolute atomic E-state index is 11.5. The van der Waals surface area contributed by atoms with Gasteiger partial charge in [0, 0.05) is 30.4 Å². The smallest absolute Gasteiger partial charge is 0.303 e. The minimum Gasteiger partial charge on any atom is -1.00 e. The molecule has 0 spiro atoms. The molecule has 21 heavy (non-hydrogen) atoms. The monoisotopic (exact) mass is 308 g/mol. The normalized spacial score (nSPS) is 9.71. The number of carboxylic acids is 1. The van der Waals surface area contributed by atoms with Crippen LogP contribution in [0.15, 0.2) is 36.9 Å².